The number of halogens is 1. The summed E-state index contributed by atoms with van der Waals surface area (Å²) in [5.74, 6) is 1.21. The number of ketones is 1. The molecule has 1 atom stereocenters. The molecule has 1 heterocycles. The van der Waals surface area contributed by atoms with E-state index in [1.165, 1.54) is 0 Å². The molecule has 2 nitrogen and oxygen atoms in total. The van der Waals surface area contributed by atoms with Crippen molar-refractivity contribution >= 4 is 17.4 Å². The van der Waals surface area contributed by atoms with Gasteiger partial charge in [-0.15, -0.1) is 0 Å². The SMILES string of the molecule is O=C(CC1CCOc2ccccc21)c1ccccc1Cl. The fraction of sp³-hybridized carbons (Fsp3) is 0.235. The van der Waals surface area contributed by atoms with E-state index in [2.05, 4.69) is 0 Å². The molecule has 0 N–H and O–H groups in total. The summed E-state index contributed by atoms with van der Waals surface area (Å²) in [6.07, 6.45) is 1.34. The Morgan fingerprint density at radius 2 is 1.90 bits per heavy atom. The van der Waals surface area contributed by atoms with Crippen molar-refractivity contribution in [3.05, 3.63) is 64.7 Å². The average molecular weight is 287 g/mol. The molecule has 0 fully saturated rings. The minimum absolute atomic E-state index is 0.0947. The Balaban J connectivity index is 1.83. The van der Waals surface area contributed by atoms with Crippen molar-refractivity contribution < 1.29 is 9.53 Å². The lowest BCUT2D eigenvalue weighted by Crippen LogP contribution is -2.17. The summed E-state index contributed by atoms with van der Waals surface area (Å²) in [5, 5.41) is 0.526. The van der Waals surface area contributed by atoms with Gasteiger partial charge in [0.2, 0.25) is 0 Å². The van der Waals surface area contributed by atoms with E-state index in [1.54, 1.807) is 12.1 Å². The topological polar surface area (TPSA) is 26.3 Å². The Labute approximate surface area is 123 Å². The van der Waals surface area contributed by atoms with Gasteiger partial charge in [0.25, 0.3) is 0 Å². The Hall–Kier alpha value is -1.80. The smallest absolute Gasteiger partial charge is 0.164 e. The highest BCUT2D eigenvalue weighted by atomic mass is 35.5. The molecule has 1 unspecified atom stereocenters. The van der Waals surface area contributed by atoms with Crippen LogP contribution in [-0.4, -0.2) is 12.4 Å². The Morgan fingerprint density at radius 3 is 2.75 bits per heavy atom. The predicted octanol–water partition coefficient (Wildman–Crippen LogP) is 4.48. The number of rotatable bonds is 3. The highest BCUT2D eigenvalue weighted by Crippen LogP contribution is 2.36. The number of Topliss-reactive ketones (excluding diaryl/α,β-unsaturated/α-hetero) is 1. The van der Waals surface area contributed by atoms with Crippen LogP contribution >= 0.6 is 11.6 Å². The summed E-state index contributed by atoms with van der Waals surface area (Å²) in [6.45, 7) is 0.664. The van der Waals surface area contributed by atoms with Crippen LogP contribution in [0.1, 0.15) is 34.7 Å². The number of hydrogen-bond acceptors (Lipinski definition) is 2. The normalized spacial score (nSPS) is 17.1. The molecular formula is C17H15ClO2. The fourth-order valence-electron chi connectivity index (χ4n) is 2.65. The lowest BCUT2D eigenvalue weighted by Gasteiger charge is -2.25. The molecule has 2 aromatic carbocycles. The maximum atomic E-state index is 12.4. The van der Waals surface area contributed by atoms with E-state index in [-0.39, 0.29) is 11.7 Å². The quantitative estimate of drug-likeness (QED) is 0.778. The molecule has 0 bridgehead atoms. The van der Waals surface area contributed by atoms with Crippen molar-refractivity contribution in [2.75, 3.05) is 6.61 Å². The van der Waals surface area contributed by atoms with Gasteiger partial charge in [0, 0.05) is 12.0 Å². The van der Waals surface area contributed by atoms with E-state index >= 15 is 0 Å². The number of carbonyl (C=O) groups excluding carboxylic acids is 1. The van der Waals surface area contributed by atoms with Crippen molar-refractivity contribution in [1.29, 1.82) is 0 Å². The number of hydrogen-bond donors (Lipinski definition) is 0. The zero-order chi connectivity index (χ0) is 13.9. The lowest BCUT2D eigenvalue weighted by atomic mass is 9.87. The van der Waals surface area contributed by atoms with Crippen LogP contribution in [0.3, 0.4) is 0 Å². The molecule has 0 saturated heterocycles. The molecule has 0 aliphatic carbocycles. The molecule has 102 valence electrons. The van der Waals surface area contributed by atoms with E-state index in [9.17, 15) is 4.79 Å². The number of ether oxygens (including phenoxy) is 1. The molecule has 0 aromatic heterocycles. The maximum Gasteiger partial charge on any atom is 0.164 e. The molecule has 1 aliphatic rings. The van der Waals surface area contributed by atoms with Crippen molar-refractivity contribution in [3.63, 3.8) is 0 Å². The second-order valence-electron chi connectivity index (χ2n) is 4.98. The largest absolute Gasteiger partial charge is 0.493 e. The monoisotopic (exact) mass is 286 g/mol. The summed E-state index contributed by atoms with van der Waals surface area (Å²) < 4.78 is 5.63. The van der Waals surface area contributed by atoms with Gasteiger partial charge in [0.15, 0.2) is 5.78 Å². The Kier molecular flexibility index (Phi) is 3.75. The van der Waals surface area contributed by atoms with Gasteiger partial charge in [-0.25, -0.2) is 0 Å². The summed E-state index contributed by atoms with van der Waals surface area (Å²) in [7, 11) is 0. The van der Waals surface area contributed by atoms with Gasteiger partial charge < -0.3 is 4.74 Å². The lowest BCUT2D eigenvalue weighted by molar-refractivity contribution is 0.0966. The molecular weight excluding hydrogens is 272 g/mol. The molecule has 1 aliphatic heterocycles. The van der Waals surface area contributed by atoms with E-state index in [0.717, 1.165) is 17.7 Å². The molecule has 3 heteroatoms. The summed E-state index contributed by atoms with van der Waals surface area (Å²) >= 11 is 6.09. The van der Waals surface area contributed by atoms with Gasteiger partial charge in [0.1, 0.15) is 5.75 Å². The maximum absolute atomic E-state index is 12.4. The molecule has 3 rings (SSSR count). The van der Waals surface area contributed by atoms with Crippen molar-refractivity contribution in [3.8, 4) is 5.75 Å². The van der Waals surface area contributed by atoms with Crippen molar-refractivity contribution in [1.82, 2.24) is 0 Å². The number of benzene rings is 2. The van der Waals surface area contributed by atoms with E-state index in [0.29, 0.717) is 23.6 Å². The highest BCUT2D eigenvalue weighted by Gasteiger charge is 2.24. The van der Waals surface area contributed by atoms with Crippen LogP contribution in [0.5, 0.6) is 5.75 Å². The van der Waals surface area contributed by atoms with Gasteiger partial charge in [-0.1, -0.05) is 41.9 Å². The minimum Gasteiger partial charge on any atom is -0.493 e. The predicted molar refractivity (Wildman–Crippen MR) is 79.7 cm³/mol. The van der Waals surface area contributed by atoms with Gasteiger partial charge in [-0.05, 0) is 36.1 Å². The van der Waals surface area contributed by atoms with Crippen LogP contribution in [-0.2, 0) is 0 Å². The van der Waals surface area contributed by atoms with E-state index in [1.807, 2.05) is 36.4 Å². The molecule has 0 spiro atoms. The van der Waals surface area contributed by atoms with E-state index in [4.69, 9.17) is 16.3 Å². The molecule has 0 saturated carbocycles. The van der Waals surface area contributed by atoms with Gasteiger partial charge in [-0.3, -0.25) is 4.79 Å². The van der Waals surface area contributed by atoms with Gasteiger partial charge in [-0.2, -0.15) is 0 Å². The van der Waals surface area contributed by atoms with Crippen molar-refractivity contribution in [2.45, 2.75) is 18.8 Å². The standard InChI is InChI=1S/C17H15ClO2/c18-15-7-3-1-6-14(15)16(19)11-12-9-10-20-17-8-4-2-5-13(12)17/h1-8,12H,9-11H2. The first kappa shape index (κ1) is 13.2. The average Bonchev–Trinajstić information content (AvgIpc) is 2.48. The first-order valence-electron chi connectivity index (χ1n) is 6.75. The van der Waals surface area contributed by atoms with Crippen LogP contribution < -0.4 is 4.74 Å². The first-order chi connectivity index (χ1) is 9.75. The third-order valence-electron chi connectivity index (χ3n) is 3.69. The van der Waals surface area contributed by atoms with Crippen LogP contribution in [0.4, 0.5) is 0 Å². The number of para-hydroxylation sites is 1. The summed E-state index contributed by atoms with van der Waals surface area (Å²) in [6, 6.07) is 15.2. The second-order valence-corrected chi connectivity index (χ2v) is 5.39. The summed E-state index contributed by atoms with van der Waals surface area (Å²) in [4.78, 5) is 12.4. The number of carbonyl (C=O) groups is 1. The van der Waals surface area contributed by atoms with Gasteiger partial charge >= 0.3 is 0 Å². The van der Waals surface area contributed by atoms with Crippen molar-refractivity contribution in [2.24, 2.45) is 0 Å². The highest BCUT2D eigenvalue weighted by molar-refractivity contribution is 6.33. The third kappa shape index (κ3) is 2.56. The van der Waals surface area contributed by atoms with Crippen LogP contribution in [0.15, 0.2) is 48.5 Å². The molecule has 0 amide bonds. The van der Waals surface area contributed by atoms with Crippen LogP contribution in [0.2, 0.25) is 5.02 Å². The molecule has 0 radical (unpaired) electrons. The second kappa shape index (κ2) is 5.68. The minimum atomic E-state index is 0.0947. The fourth-order valence-corrected chi connectivity index (χ4v) is 2.89. The zero-order valence-electron chi connectivity index (χ0n) is 11.0. The number of fused-ring (bicyclic) bond motifs is 1. The summed E-state index contributed by atoms with van der Waals surface area (Å²) in [5.41, 5.74) is 1.73. The molecule has 20 heavy (non-hydrogen) atoms. The van der Waals surface area contributed by atoms with Gasteiger partial charge in [0.05, 0.1) is 11.6 Å². The van der Waals surface area contributed by atoms with Crippen LogP contribution in [0, 0.1) is 0 Å². The molecule has 2 aromatic rings. The Bertz CT molecular complexity index is 636. The third-order valence-corrected chi connectivity index (χ3v) is 4.02. The van der Waals surface area contributed by atoms with E-state index < -0.39 is 0 Å². The van der Waals surface area contributed by atoms with Crippen LogP contribution in [0.25, 0.3) is 0 Å². The first-order valence-corrected chi connectivity index (χ1v) is 7.13. The zero-order valence-corrected chi connectivity index (χ0v) is 11.8. The Morgan fingerprint density at radius 1 is 1.15 bits per heavy atom.